The lowest BCUT2D eigenvalue weighted by Gasteiger charge is -2.03. The normalized spacial score (nSPS) is 9.90. The van der Waals surface area contributed by atoms with Gasteiger partial charge in [-0.1, -0.05) is 9.90 Å². The van der Waals surface area contributed by atoms with Gasteiger partial charge in [-0.15, -0.1) is 0 Å². The van der Waals surface area contributed by atoms with Gasteiger partial charge in [0, 0.05) is 0 Å². The zero-order chi connectivity index (χ0) is 7.82. The van der Waals surface area contributed by atoms with Gasteiger partial charge in [0.25, 0.3) is 0 Å². The molecule has 0 unspecified atom stereocenters. The fourth-order valence-electron chi connectivity index (χ4n) is 0.560. The van der Waals surface area contributed by atoms with E-state index in [2.05, 4.69) is 4.84 Å². The highest BCUT2D eigenvalue weighted by Gasteiger charge is 2.13. The van der Waals surface area contributed by atoms with Gasteiger partial charge in [0.05, 0.1) is 18.0 Å². The molecular formula is C5H12NO4+2. The third-order valence-corrected chi connectivity index (χ3v) is 0.996. The molecular weight excluding hydrogens is 138 g/mol. The summed E-state index contributed by atoms with van der Waals surface area (Å²) in [6.45, 7) is 0.769. The molecule has 0 spiro atoms. The number of hydroxylamine groups is 2. The molecule has 0 heterocycles. The summed E-state index contributed by atoms with van der Waals surface area (Å²) in [5.41, 5.74) is 0. The third-order valence-electron chi connectivity index (χ3n) is 0.996. The molecule has 0 saturated carbocycles. The van der Waals surface area contributed by atoms with Crippen molar-refractivity contribution in [2.24, 2.45) is 0 Å². The van der Waals surface area contributed by atoms with Crippen LogP contribution >= 0.6 is 0 Å². The van der Waals surface area contributed by atoms with E-state index in [1.165, 1.54) is 0 Å². The summed E-state index contributed by atoms with van der Waals surface area (Å²) in [5.74, 6) is 0. The molecule has 5 nitrogen and oxygen atoms in total. The van der Waals surface area contributed by atoms with Crippen LogP contribution in [0.2, 0.25) is 0 Å². The van der Waals surface area contributed by atoms with E-state index in [9.17, 15) is 4.79 Å². The van der Waals surface area contributed by atoms with Crippen LogP contribution < -0.4 is 5.06 Å². The lowest BCUT2D eigenvalue weighted by molar-refractivity contribution is -1.07. The van der Waals surface area contributed by atoms with Gasteiger partial charge in [0.15, 0.2) is 13.1 Å². The zero-order valence-corrected chi connectivity index (χ0v) is 5.62. The molecule has 0 aliphatic heterocycles. The first kappa shape index (κ1) is 9.35. The Kier molecular flexibility index (Phi) is 6.05. The van der Waals surface area contributed by atoms with Gasteiger partial charge >= 0.3 is 6.47 Å². The zero-order valence-electron chi connectivity index (χ0n) is 5.62. The van der Waals surface area contributed by atoms with Gasteiger partial charge in [-0.2, -0.15) is 0 Å². The van der Waals surface area contributed by atoms with Gasteiger partial charge in [-0.25, -0.2) is 0 Å². The molecule has 0 amide bonds. The van der Waals surface area contributed by atoms with Crippen LogP contribution in [0.4, 0.5) is 0 Å². The van der Waals surface area contributed by atoms with Gasteiger partial charge in [0.1, 0.15) is 0 Å². The smallest absolute Gasteiger partial charge is 0.390 e. The van der Waals surface area contributed by atoms with Crippen molar-refractivity contribution in [3.05, 3.63) is 0 Å². The summed E-state index contributed by atoms with van der Waals surface area (Å²) < 4.78 is 0. The van der Waals surface area contributed by atoms with Crippen molar-refractivity contribution >= 4 is 6.47 Å². The van der Waals surface area contributed by atoms with Crippen molar-refractivity contribution in [3.63, 3.8) is 0 Å². The number of hydrogen-bond donors (Lipinski definition) is 3. The first-order valence-corrected chi connectivity index (χ1v) is 3.02. The second-order valence-corrected chi connectivity index (χ2v) is 1.70. The summed E-state index contributed by atoms with van der Waals surface area (Å²) in [5, 5.41) is 17.2. The van der Waals surface area contributed by atoms with Gasteiger partial charge in [0.2, 0.25) is 0 Å². The van der Waals surface area contributed by atoms with Gasteiger partial charge in [-0.05, 0) is 0 Å². The molecule has 5 heteroatoms. The molecule has 0 aromatic heterocycles. The third kappa shape index (κ3) is 4.25. The average molecular weight is 150 g/mol. The minimum absolute atomic E-state index is 0.0663. The topological polar surface area (TPSA) is 74.0 Å². The van der Waals surface area contributed by atoms with E-state index in [4.69, 9.17) is 10.2 Å². The SMILES string of the molecule is [O+]=CO[NH+](CCO)CCO. The molecule has 10 heavy (non-hydrogen) atoms. The second kappa shape index (κ2) is 6.47. The number of aliphatic hydroxyl groups excluding tert-OH is 2. The summed E-state index contributed by atoms with van der Waals surface area (Å²) in [7, 11) is 0. The highest BCUT2D eigenvalue weighted by atomic mass is 16.7. The number of carbonyl (C=O) groups is 1. The fourth-order valence-corrected chi connectivity index (χ4v) is 0.560. The molecule has 3 N–H and O–H groups in total. The van der Waals surface area contributed by atoms with E-state index in [0.717, 1.165) is 0 Å². The maximum atomic E-state index is 9.76. The molecule has 0 saturated heterocycles. The van der Waals surface area contributed by atoms with Crippen LogP contribution in [-0.2, 0) is 9.63 Å². The van der Waals surface area contributed by atoms with Crippen LogP contribution in [0.15, 0.2) is 0 Å². The monoisotopic (exact) mass is 150 g/mol. The molecule has 0 bridgehead atoms. The van der Waals surface area contributed by atoms with Gasteiger partial charge in [-0.3, -0.25) is 0 Å². The van der Waals surface area contributed by atoms with Crippen LogP contribution in [0.5, 0.6) is 0 Å². The van der Waals surface area contributed by atoms with Crippen LogP contribution in [0.25, 0.3) is 0 Å². The molecule has 0 rings (SSSR count). The Balaban J connectivity index is 3.38. The second-order valence-electron chi connectivity index (χ2n) is 1.70. The maximum absolute atomic E-state index is 9.76. The Morgan fingerprint density at radius 3 is 2.10 bits per heavy atom. The van der Waals surface area contributed by atoms with Crippen LogP contribution in [0.1, 0.15) is 0 Å². The molecule has 0 aliphatic carbocycles. The summed E-state index contributed by atoms with van der Waals surface area (Å²) in [4.78, 5) is 14.2. The van der Waals surface area contributed by atoms with E-state index in [0.29, 0.717) is 24.6 Å². The first-order chi connectivity index (χ1) is 4.85. The van der Waals surface area contributed by atoms with Crippen molar-refractivity contribution in [1.82, 2.24) is 0 Å². The highest BCUT2D eigenvalue weighted by Crippen LogP contribution is 1.52. The van der Waals surface area contributed by atoms with E-state index >= 15 is 0 Å². The molecule has 0 atom stereocenters. The predicted octanol–water partition coefficient (Wildman–Crippen LogP) is -3.06. The lowest BCUT2D eigenvalue weighted by atomic mass is 10.6. The lowest BCUT2D eigenvalue weighted by Crippen LogP contribution is -3.12. The number of hydrogen-bond acceptors (Lipinski definition) is 4. The summed E-state index contributed by atoms with van der Waals surface area (Å²) in [6.07, 6.45) is 0. The summed E-state index contributed by atoms with van der Waals surface area (Å²) >= 11 is 0. The highest BCUT2D eigenvalue weighted by molar-refractivity contribution is 5.35. The van der Waals surface area contributed by atoms with Crippen LogP contribution in [-0.4, -0.2) is 43.0 Å². The van der Waals surface area contributed by atoms with Crippen molar-refractivity contribution in [2.45, 2.75) is 0 Å². The Bertz CT molecular complexity index is 81.7. The first-order valence-electron chi connectivity index (χ1n) is 3.02. The number of rotatable bonds is 6. The molecule has 0 aromatic rings. The number of aliphatic hydroxyl groups is 2. The Morgan fingerprint density at radius 2 is 1.80 bits per heavy atom. The molecule has 59 valence electrons. The number of carbonyl (C=O) groups excluding carboxylic acids is 1. The van der Waals surface area contributed by atoms with Crippen molar-refractivity contribution in [3.8, 4) is 0 Å². The van der Waals surface area contributed by atoms with E-state index in [1.54, 1.807) is 0 Å². The van der Waals surface area contributed by atoms with Gasteiger partial charge < -0.3 is 10.2 Å². The molecule has 0 aromatic carbocycles. The molecule has 0 aliphatic rings. The molecule has 0 fully saturated rings. The van der Waals surface area contributed by atoms with E-state index < -0.39 is 0 Å². The Hall–Kier alpha value is -0.650. The summed E-state index contributed by atoms with van der Waals surface area (Å²) in [6, 6.07) is 0. The quantitative estimate of drug-likeness (QED) is 0.213. The van der Waals surface area contributed by atoms with E-state index in [1.807, 2.05) is 0 Å². The largest absolute Gasteiger partial charge is 0.629 e. The molecule has 1 radical (unpaired) electrons. The van der Waals surface area contributed by atoms with Crippen molar-refractivity contribution < 1.29 is 24.9 Å². The maximum Gasteiger partial charge on any atom is 0.629 e. The number of nitrogens with one attached hydrogen (secondary N) is 1. The van der Waals surface area contributed by atoms with E-state index in [-0.39, 0.29) is 13.2 Å². The van der Waals surface area contributed by atoms with Crippen molar-refractivity contribution in [2.75, 3.05) is 26.3 Å². The van der Waals surface area contributed by atoms with Crippen LogP contribution in [0.3, 0.4) is 0 Å². The standard InChI is InChI=1S/C5H11NO4/c7-3-1-6(2-4-8)10-5-9/h5,7-8H,1-4H2/q+1/p+1. The number of quaternary nitrogens is 1. The minimum atomic E-state index is -0.0663. The Morgan fingerprint density at radius 1 is 1.30 bits per heavy atom. The predicted molar refractivity (Wildman–Crippen MR) is 32.0 cm³/mol. The fraction of sp³-hybridized carbons (Fsp3) is 0.800. The Labute approximate surface area is 58.8 Å². The minimum Gasteiger partial charge on any atom is -0.390 e. The van der Waals surface area contributed by atoms with Crippen LogP contribution in [0, 0.1) is 0 Å². The van der Waals surface area contributed by atoms with Crippen molar-refractivity contribution in [1.29, 1.82) is 0 Å². The average Bonchev–Trinajstić information content (AvgIpc) is 1.90.